The second-order valence-electron chi connectivity index (χ2n) is 6.52. The summed E-state index contributed by atoms with van der Waals surface area (Å²) >= 11 is 0. The summed E-state index contributed by atoms with van der Waals surface area (Å²) in [6, 6.07) is 5.34. The smallest absolute Gasteiger partial charge is 0.130 e. The highest BCUT2D eigenvalue weighted by Gasteiger charge is 2.33. The van der Waals surface area contributed by atoms with Crippen LogP contribution in [0.5, 0.6) is 0 Å². The molecule has 0 aromatic heterocycles. The van der Waals surface area contributed by atoms with Gasteiger partial charge in [0.15, 0.2) is 0 Å². The molecule has 1 fully saturated rings. The first-order valence-corrected chi connectivity index (χ1v) is 7.78. The van der Waals surface area contributed by atoms with Crippen LogP contribution in [0, 0.1) is 5.82 Å². The van der Waals surface area contributed by atoms with E-state index >= 15 is 0 Å². The molecule has 0 bridgehead atoms. The van der Waals surface area contributed by atoms with Gasteiger partial charge in [-0.2, -0.15) is 0 Å². The molecule has 2 rings (SSSR count). The van der Waals surface area contributed by atoms with Crippen molar-refractivity contribution < 1.29 is 9.13 Å². The summed E-state index contributed by atoms with van der Waals surface area (Å²) in [5.74, 6) is -0.141. The van der Waals surface area contributed by atoms with E-state index < -0.39 is 0 Å². The largest absolute Gasteiger partial charge is 0.369 e. The van der Waals surface area contributed by atoms with Gasteiger partial charge < -0.3 is 15.0 Å². The molecule has 1 aliphatic heterocycles. The Labute approximate surface area is 127 Å². The van der Waals surface area contributed by atoms with Crippen LogP contribution in [0.4, 0.5) is 10.1 Å². The number of halogens is 1. The van der Waals surface area contributed by atoms with Crippen molar-refractivity contribution in [2.24, 2.45) is 0 Å². The van der Waals surface area contributed by atoms with Crippen molar-refractivity contribution in [2.45, 2.75) is 52.4 Å². The van der Waals surface area contributed by atoms with E-state index in [-0.39, 0.29) is 23.6 Å². The SMILES string of the molecule is CCNC(C)c1c(F)cccc1N1CC(C)OC(C)(C)C1. The summed E-state index contributed by atoms with van der Waals surface area (Å²) in [5, 5.41) is 3.32. The van der Waals surface area contributed by atoms with Crippen LogP contribution in [0.1, 0.15) is 46.2 Å². The first kappa shape index (κ1) is 16.2. The van der Waals surface area contributed by atoms with Gasteiger partial charge in [-0.25, -0.2) is 4.39 Å². The highest BCUT2D eigenvalue weighted by Crippen LogP contribution is 2.33. The molecule has 2 atom stereocenters. The summed E-state index contributed by atoms with van der Waals surface area (Å²) in [4.78, 5) is 2.25. The highest BCUT2D eigenvalue weighted by molar-refractivity contribution is 5.56. The average Bonchev–Trinajstić information content (AvgIpc) is 2.36. The lowest BCUT2D eigenvalue weighted by Crippen LogP contribution is -2.52. The molecule has 0 aliphatic carbocycles. The van der Waals surface area contributed by atoms with E-state index in [0.29, 0.717) is 0 Å². The van der Waals surface area contributed by atoms with E-state index in [9.17, 15) is 4.39 Å². The fourth-order valence-electron chi connectivity index (χ4n) is 3.28. The van der Waals surface area contributed by atoms with Crippen LogP contribution in [0.15, 0.2) is 18.2 Å². The van der Waals surface area contributed by atoms with Crippen molar-refractivity contribution >= 4 is 5.69 Å². The Morgan fingerprint density at radius 1 is 1.48 bits per heavy atom. The van der Waals surface area contributed by atoms with E-state index in [1.165, 1.54) is 0 Å². The van der Waals surface area contributed by atoms with Gasteiger partial charge >= 0.3 is 0 Å². The molecule has 1 saturated heterocycles. The molecule has 4 heteroatoms. The maximum Gasteiger partial charge on any atom is 0.130 e. The number of hydrogen-bond donors (Lipinski definition) is 1. The molecule has 1 N–H and O–H groups in total. The third kappa shape index (κ3) is 3.74. The van der Waals surface area contributed by atoms with Gasteiger partial charge in [0.2, 0.25) is 0 Å². The summed E-state index contributed by atoms with van der Waals surface area (Å²) in [7, 11) is 0. The Bertz CT molecular complexity index is 490. The number of hydrogen-bond acceptors (Lipinski definition) is 3. The Morgan fingerprint density at radius 2 is 2.19 bits per heavy atom. The minimum atomic E-state index is -0.220. The van der Waals surface area contributed by atoms with Crippen LogP contribution in [-0.4, -0.2) is 31.3 Å². The second-order valence-corrected chi connectivity index (χ2v) is 6.52. The second kappa shape index (κ2) is 6.32. The fraction of sp³-hybridized carbons (Fsp3) is 0.647. The Balaban J connectivity index is 2.37. The number of anilines is 1. The molecule has 0 radical (unpaired) electrons. The van der Waals surface area contributed by atoms with Crippen LogP contribution in [0.25, 0.3) is 0 Å². The lowest BCUT2D eigenvalue weighted by molar-refractivity contribution is -0.0750. The standard InChI is InChI=1S/C17H27FN2O/c1-6-19-13(3)16-14(18)8-7-9-15(16)20-10-12(2)21-17(4,5)11-20/h7-9,12-13,19H,6,10-11H2,1-5H3. The molecular formula is C17H27FN2O. The summed E-state index contributed by atoms with van der Waals surface area (Å²) in [6.07, 6.45) is 0.138. The van der Waals surface area contributed by atoms with Crippen LogP contribution in [0.2, 0.25) is 0 Å². The zero-order valence-corrected chi connectivity index (χ0v) is 13.7. The molecule has 21 heavy (non-hydrogen) atoms. The molecule has 3 nitrogen and oxygen atoms in total. The molecule has 1 aliphatic rings. The Kier molecular flexibility index (Phi) is 4.89. The van der Waals surface area contributed by atoms with Crippen molar-refractivity contribution in [3.05, 3.63) is 29.6 Å². The molecular weight excluding hydrogens is 267 g/mol. The van der Waals surface area contributed by atoms with E-state index in [1.54, 1.807) is 12.1 Å². The van der Waals surface area contributed by atoms with Gasteiger partial charge in [0, 0.05) is 30.4 Å². The van der Waals surface area contributed by atoms with Gasteiger partial charge in [-0.05, 0) is 46.4 Å². The van der Waals surface area contributed by atoms with Crippen molar-refractivity contribution in [3.63, 3.8) is 0 Å². The normalized spacial score (nSPS) is 23.1. The van der Waals surface area contributed by atoms with Crippen molar-refractivity contribution in [3.8, 4) is 0 Å². The topological polar surface area (TPSA) is 24.5 Å². The van der Waals surface area contributed by atoms with Crippen molar-refractivity contribution in [2.75, 3.05) is 24.5 Å². The van der Waals surface area contributed by atoms with Gasteiger partial charge in [-0.15, -0.1) is 0 Å². The summed E-state index contributed by atoms with van der Waals surface area (Å²) in [6.45, 7) is 12.7. The number of nitrogens with one attached hydrogen (secondary N) is 1. The number of rotatable bonds is 4. The fourth-order valence-corrected chi connectivity index (χ4v) is 3.28. The van der Waals surface area contributed by atoms with Gasteiger partial charge in [-0.1, -0.05) is 13.0 Å². The predicted molar refractivity (Wildman–Crippen MR) is 85.3 cm³/mol. The Morgan fingerprint density at radius 3 is 2.81 bits per heavy atom. The van der Waals surface area contributed by atoms with Crippen molar-refractivity contribution in [1.29, 1.82) is 0 Å². The lowest BCUT2D eigenvalue weighted by Gasteiger charge is -2.43. The molecule has 0 amide bonds. The van der Waals surface area contributed by atoms with E-state index in [0.717, 1.165) is 30.9 Å². The third-order valence-electron chi connectivity index (χ3n) is 3.88. The van der Waals surface area contributed by atoms with E-state index in [1.807, 2.05) is 19.9 Å². The van der Waals surface area contributed by atoms with Crippen LogP contribution in [-0.2, 0) is 4.74 Å². The first-order valence-electron chi connectivity index (χ1n) is 7.78. The summed E-state index contributed by atoms with van der Waals surface area (Å²) < 4.78 is 20.3. The van der Waals surface area contributed by atoms with Gasteiger partial charge in [0.25, 0.3) is 0 Å². The van der Waals surface area contributed by atoms with Crippen molar-refractivity contribution in [1.82, 2.24) is 5.32 Å². The molecule has 0 saturated carbocycles. The minimum absolute atomic E-state index is 0.00698. The molecule has 1 aromatic rings. The number of morpholine rings is 1. The van der Waals surface area contributed by atoms with E-state index in [4.69, 9.17) is 4.74 Å². The maximum absolute atomic E-state index is 14.4. The zero-order chi connectivity index (χ0) is 15.6. The highest BCUT2D eigenvalue weighted by atomic mass is 19.1. The van der Waals surface area contributed by atoms with Crippen LogP contribution < -0.4 is 10.2 Å². The summed E-state index contributed by atoms with van der Waals surface area (Å²) in [5.41, 5.74) is 1.51. The quantitative estimate of drug-likeness (QED) is 0.920. The number of benzene rings is 1. The lowest BCUT2D eigenvalue weighted by atomic mass is 10.00. The zero-order valence-electron chi connectivity index (χ0n) is 13.7. The molecule has 0 spiro atoms. The number of ether oxygens (including phenoxy) is 1. The predicted octanol–water partition coefficient (Wildman–Crippen LogP) is 3.50. The van der Waals surface area contributed by atoms with Crippen LogP contribution in [0.3, 0.4) is 0 Å². The van der Waals surface area contributed by atoms with Gasteiger partial charge in [0.05, 0.1) is 11.7 Å². The Hall–Kier alpha value is -1.13. The molecule has 2 unspecified atom stereocenters. The van der Waals surface area contributed by atoms with Gasteiger partial charge in [0.1, 0.15) is 5.82 Å². The van der Waals surface area contributed by atoms with Gasteiger partial charge in [-0.3, -0.25) is 0 Å². The number of nitrogens with zero attached hydrogens (tertiary/aromatic N) is 1. The molecule has 118 valence electrons. The average molecular weight is 294 g/mol. The maximum atomic E-state index is 14.4. The minimum Gasteiger partial charge on any atom is -0.369 e. The monoisotopic (exact) mass is 294 g/mol. The van der Waals surface area contributed by atoms with Crippen LogP contribution >= 0.6 is 0 Å². The molecule has 1 aromatic carbocycles. The third-order valence-corrected chi connectivity index (χ3v) is 3.88. The van der Waals surface area contributed by atoms with E-state index in [2.05, 4.69) is 31.0 Å². The first-order chi connectivity index (χ1) is 9.84. The molecule has 1 heterocycles.